The van der Waals surface area contributed by atoms with Crippen LogP contribution in [0.4, 0.5) is 17.1 Å². The molecule has 1 N–H and O–H groups in total. The maximum atomic E-state index is 12.2. The zero-order valence-electron chi connectivity index (χ0n) is 14.8. The standard InChI is InChI=1S/C19H19N3O5/c1-27-17-12-14(6-9-16(17)21-10-2-3-19(21)24)20-18(23)11-13-4-7-15(8-5-13)22(25)26/h4-9,12H,2-3,10-11H2,1H3,(H,20,23). The highest BCUT2D eigenvalue weighted by atomic mass is 16.6. The predicted molar refractivity (Wildman–Crippen MR) is 100 cm³/mol. The second-order valence-corrected chi connectivity index (χ2v) is 6.18. The molecule has 0 aromatic heterocycles. The van der Waals surface area contributed by atoms with Crippen LogP contribution in [0.25, 0.3) is 0 Å². The molecule has 2 aromatic rings. The van der Waals surface area contributed by atoms with Gasteiger partial charge in [-0.3, -0.25) is 19.7 Å². The van der Waals surface area contributed by atoms with Gasteiger partial charge in [0.05, 0.1) is 24.1 Å². The number of benzene rings is 2. The van der Waals surface area contributed by atoms with E-state index in [1.165, 1.54) is 19.2 Å². The Hall–Kier alpha value is -3.42. The largest absolute Gasteiger partial charge is 0.494 e. The van der Waals surface area contributed by atoms with Crippen LogP contribution in [0.3, 0.4) is 0 Å². The fraction of sp³-hybridized carbons (Fsp3) is 0.263. The van der Waals surface area contributed by atoms with E-state index >= 15 is 0 Å². The van der Waals surface area contributed by atoms with Crippen molar-refractivity contribution >= 4 is 28.9 Å². The number of nitrogens with one attached hydrogen (secondary N) is 1. The van der Waals surface area contributed by atoms with Crippen molar-refractivity contribution in [2.75, 3.05) is 23.9 Å². The second kappa shape index (κ2) is 7.86. The third-order valence-corrected chi connectivity index (χ3v) is 4.34. The zero-order valence-corrected chi connectivity index (χ0v) is 14.8. The van der Waals surface area contributed by atoms with Crippen LogP contribution in [-0.4, -0.2) is 30.4 Å². The van der Waals surface area contributed by atoms with Gasteiger partial charge in [0.1, 0.15) is 5.75 Å². The van der Waals surface area contributed by atoms with E-state index in [1.54, 1.807) is 35.2 Å². The SMILES string of the molecule is COc1cc(NC(=O)Cc2ccc([N+](=O)[O-])cc2)ccc1N1CCCC1=O. The number of hydrogen-bond donors (Lipinski definition) is 1. The average Bonchev–Trinajstić information content (AvgIpc) is 3.07. The molecule has 1 aliphatic heterocycles. The van der Waals surface area contributed by atoms with E-state index < -0.39 is 4.92 Å². The molecule has 1 aliphatic rings. The Morgan fingerprint density at radius 3 is 2.59 bits per heavy atom. The molecule has 2 amide bonds. The molecule has 0 spiro atoms. The number of anilines is 2. The van der Waals surface area contributed by atoms with Gasteiger partial charge in [-0.15, -0.1) is 0 Å². The van der Waals surface area contributed by atoms with Crippen molar-refractivity contribution < 1.29 is 19.2 Å². The van der Waals surface area contributed by atoms with Gasteiger partial charge < -0.3 is 15.0 Å². The number of nitro groups is 1. The first-order chi connectivity index (χ1) is 13.0. The van der Waals surface area contributed by atoms with Crippen LogP contribution in [0.1, 0.15) is 18.4 Å². The summed E-state index contributed by atoms with van der Waals surface area (Å²) in [6.45, 7) is 0.654. The van der Waals surface area contributed by atoms with E-state index in [0.29, 0.717) is 35.7 Å². The summed E-state index contributed by atoms with van der Waals surface area (Å²) in [5, 5.41) is 13.4. The number of hydrogen-bond acceptors (Lipinski definition) is 5. The van der Waals surface area contributed by atoms with Crippen LogP contribution in [0.15, 0.2) is 42.5 Å². The van der Waals surface area contributed by atoms with Crippen LogP contribution in [-0.2, 0) is 16.0 Å². The third-order valence-electron chi connectivity index (χ3n) is 4.34. The molecule has 0 unspecified atom stereocenters. The normalized spacial score (nSPS) is 13.5. The van der Waals surface area contributed by atoms with Crippen molar-refractivity contribution in [3.05, 3.63) is 58.1 Å². The first kappa shape index (κ1) is 18.4. The fourth-order valence-corrected chi connectivity index (χ4v) is 3.01. The summed E-state index contributed by atoms with van der Waals surface area (Å²) in [7, 11) is 1.52. The quantitative estimate of drug-likeness (QED) is 0.623. The summed E-state index contributed by atoms with van der Waals surface area (Å²) in [6, 6.07) is 11.0. The van der Waals surface area contributed by atoms with Crippen molar-refractivity contribution in [1.82, 2.24) is 0 Å². The molecular formula is C19H19N3O5. The molecule has 8 nitrogen and oxygen atoms in total. The maximum absolute atomic E-state index is 12.2. The Morgan fingerprint density at radius 2 is 2.00 bits per heavy atom. The van der Waals surface area contributed by atoms with Crippen molar-refractivity contribution in [2.45, 2.75) is 19.3 Å². The molecular weight excluding hydrogens is 350 g/mol. The van der Waals surface area contributed by atoms with Gasteiger partial charge in [0.25, 0.3) is 5.69 Å². The van der Waals surface area contributed by atoms with Gasteiger partial charge in [-0.1, -0.05) is 12.1 Å². The molecule has 0 saturated carbocycles. The predicted octanol–water partition coefficient (Wildman–Crippen LogP) is 2.91. The summed E-state index contributed by atoms with van der Waals surface area (Å²) in [5.41, 5.74) is 1.89. The summed E-state index contributed by atoms with van der Waals surface area (Å²) >= 11 is 0. The monoisotopic (exact) mass is 369 g/mol. The molecule has 0 bridgehead atoms. The highest BCUT2D eigenvalue weighted by molar-refractivity contribution is 5.98. The molecule has 27 heavy (non-hydrogen) atoms. The van der Waals surface area contributed by atoms with Crippen LogP contribution < -0.4 is 15.0 Å². The van der Waals surface area contributed by atoms with Gasteiger partial charge in [0.2, 0.25) is 11.8 Å². The van der Waals surface area contributed by atoms with E-state index in [2.05, 4.69) is 5.32 Å². The maximum Gasteiger partial charge on any atom is 0.269 e. The minimum Gasteiger partial charge on any atom is -0.494 e. The molecule has 140 valence electrons. The number of nitrogens with zero attached hydrogens (tertiary/aromatic N) is 2. The summed E-state index contributed by atoms with van der Waals surface area (Å²) in [6.07, 6.45) is 1.43. The summed E-state index contributed by atoms with van der Waals surface area (Å²) in [4.78, 5) is 36.0. The number of carbonyl (C=O) groups is 2. The lowest BCUT2D eigenvalue weighted by atomic mass is 10.1. The second-order valence-electron chi connectivity index (χ2n) is 6.18. The first-order valence-corrected chi connectivity index (χ1v) is 8.49. The molecule has 1 fully saturated rings. The van der Waals surface area contributed by atoms with Crippen molar-refractivity contribution in [1.29, 1.82) is 0 Å². The van der Waals surface area contributed by atoms with Crippen molar-refractivity contribution in [2.24, 2.45) is 0 Å². The van der Waals surface area contributed by atoms with E-state index in [-0.39, 0.29) is 23.9 Å². The van der Waals surface area contributed by atoms with E-state index in [4.69, 9.17) is 4.74 Å². The number of carbonyl (C=O) groups excluding carboxylic acids is 2. The lowest BCUT2D eigenvalue weighted by molar-refractivity contribution is -0.384. The highest BCUT2D eigenvalue weighted by Crippen LogP contribution is 2.33. The smallest absolute Gasteiger partial charge is 0.269 e. The van der Waals surface area contributed by atoms with Gasteiger partial charge >= 0.3 is 0 Å². The van der Waals surface area contributed by atoms with Crippen LogP contribution >= 0.6 is 0 Å². The van der Waals surface area contributed by atoms with Crippen molar-refractivity contribution in [3.8, 4) is 5.75 Å². The third kappa shape index (κ3) is 4.22. The van der Waals surface area contributed by atoms with E-state index in [0.717, 1.165) is 6.42 Å². The molecule has 8 heteroatoms. The molecule has 0 aliphatic carbocycles. The highest BCUT2D eigenvalue weighted by Gasteiger charge is 2.24. The van der Waals surface area contributed by atoms with Gasteiger partial charge in [-0.25, -0.2) is 0 Å². The fourth-order valence-electron chi connectivity index (χ4n) is 3.01. The molecule has 1 heterocycles. The Balaban J connectivity index is 1.68. The summed E-state index contributed by atoms with van der Waals surface area (Å²) < 4.78 is 5.37. The Bertz CT molecular complexity index is 879. The molecule has 1 saturated heterocycles. The lowest BCUT2D eigenvalue weighted by Crippen LogP contribution is -2.24. The Kier molecular flexibility index (Phi) is 5.35. The topological polar surface area (TPSA) is 102 Å². The van der Waals surface area contributed by atoms with E-state index in [9.17, 15) is 19.7 Å². The van der Waals surface area contributed by atoms with Gasteiger partial charge in [-0.2, -0.15) is 0 Å². The van der Waals surface area contributed by atoms with Crippen LogP contribution in [0, 0.1) is 10.1 Å². The number of ether oxygens (including phenoxy) is 1. The van der Waals surface area contributed by atoms with Crippen LogP contribution in [0.5, 0.6) is 5.75 Å². The van der Waals surface area contributed by atoms with Gasteiger partial charge in [0, 0.05) is 36.9 Å². The molecule has 0 radical (unpaired) electrons. The molecule has 0 atom stereocenters. The molecule has 3 rings (SSSR count). The minimum atomic E-state index is -0.483. The molecule has 2 aromatic carbocycles. The van der Waals surface area contributed by atoms with Gasteiger partial charge in [-0.05, 0) is 24.1 Å². The summed E-state index contributed by atoms with van der Waals surface area (Å²) in [5.74, 6) is 0.317. The average molecular weight is 369 g/mol. The Labute approximate surface area is 155 Å². The number of non-ortho nitro benzene ring substituents is 1. The zero-order chi connectivity index (χ0) is 19.4. The van der Waals surface area contributed by atoms with Gasteiger partial charge in [0.15, 0.2) is 0 Å². The lowest BCUT2D eigenvalue weighted by Gasteiger charge is -2.19. The Morgan fingerprint density at radius 1 is 1.26 bits per heavy atom. The number of rotatable bonds is 6. The first-order valence-electron chi connectivity index (χ1n) is 8.49. The van der Waals surface area contributed by atoms with Crippen molar-refractivity contribution in [3.63, 3.8) is 0 Å². The van der Waals surface area contributed by atoms with E-state index in [1.807, 2.05) is 0 Å². The minimum absolute atomic E-state index is 0.0176. The number of amides is 2. The number of methoxy groups -OCH3 is 1. The number of nitro benzene ring substituents is 1. The van der Waals surface area contributed by atoms with Crippen LogP contribution in [0.2, 0.25) is 0 Å².